The first kappa shape index (κ1) is 12.1. The van der Waals surface area contributed by atoms with E-state index in [1.165, 1.54) is 4.57 Å². The molecule has 1 aliphatic heterocycles. The second-order valence-corrected chi connectivity index (χ2v) is 4.09. The molecule has 2 heterocycles. The molecule has 3 atom stereocenters. The molecule has 1 fully saturated rings. The summed E-state index contributed by atoms with van der Waals surface area (Å²) >= 11 is 0. The van der Waals surface area contributed by atoms with Gasteiger partial charge in [-0.3, -0.25) is 4.57 Å². The van der Waals surface area contributed by atoms with Gasteiger partial charge in [0.2, 0.25) is 0 Å². The molecule has 0 radical (unpaired) electrons. The maximum Gasteiger partial charge on any atom is 0.351 e. The molecular weight excluding hydrogens is 222 g/mol. The number of aromatic nitrogens is 2. The first-order chi connectivity index (χ1) is 8.15. The topological polar surface area (TPSA) is 79.4 Å². The van der Waals surface area contributed by atoms with Crippen LogP contribution in [0, 0.1) is 0 Å². The lowest BCUT2D eigenvalue weighted by molar-refractivity contribution is -0.0301. The highest BCUT2D eigenvalue weighted by Crippen LogP contribution is 2.30. The van der Waals surface area contributed by atoms with Gasteiger partial charge in [0.25, 0.3) is 0 Å². The molecule has 0 aromatic carbocycles. The van der Waals surface area contributed by atoms with Gasteiger partial charge in [0.15, 0.2) is 0 Å². The standard InChI is InChI=1S/C11H17N3O3/c1-3-7-8(16-2)6-10(17-7)14-5-4-9(12)13-11(14)15/h4-5,7-8,10H,3,6H2,1-2H3,(H2,12,13,15)/t7-,8+,10-/m1/s1. The van der Waals surface area contributed by atoms with Crippen LogP contribution in [0.5, 0.6) is 0 Å². The van der Waals surface area contributed by atoms with Gasteiger partial charge in [-0.15, -0.1) is 0 Å². The number of hydrogen-bond donors (Lipinski definition) is 1. The van der Waals surface area contributed by atoms with E-state index in [0.29, 0.717) is 6.42 Å². The van der Waals surface area contributed by atoms with Crippen LogP contribution < -0.4 is 11.4 Å². The summed E-state index contributed by atoms with van der Waals surface area (Å²) in [6, 6.07) is 1.59. The van der Waals surface area contributed by atoms with E-state index in [-0.39, 0.29) is 29.9 Å². The zero-order valence-electron chi connectivity index (χ0n) is 10.00. The number of nitrogen functional groups attached to an aromatic ring is 1. The van der Waals surface area contributed by atoms with Gasteiger partial charge in [0, 0.05) is 19.7 Å². The summed E-state index contributed by atoms with van der Waals surface area (Å²) in [5, 5.41) is 0. The molecule has 94 valence electrons. The molecule has 6 nitrogen and oxygen atoms in total. The zero-order valence-corrected chi connectivity index (χ0v) is 10.00. The fourth-order valence-corrected chi connectivity index (χ4v) is 2.13. The second-order valence-electron chi connectivity index (χ2n) is 4.09. The Bertz CT molecular complexity index is 434. The fraction of sp³-hybridized carbons (Fsp3) is 0.636. The van der Waals surface area contributed by atoms with Crippen LogP contribution in [0.15, 0.2) is 17.1 Å². The lowest BCUT2D eigenvalue weighted by Crippen LogP contribution is -2.27. The molecule has 0 spiro atoms. The first-order valence-electron chi connectivity index (χ1n) is 5.68. The predicted octanol–water partition coefficient (Wildman–Crippen LogP) is 0.538. The van der Waals surface area contributed by atoms with Crippen molar-refractivity contribution < 1.29 is 9.47 Å². The van der Waals surface area contributed by atoms with E-state index in [2.05, 4.69) is 4.98 Å². The zero-order chi connectivity index (χ0) is 12.4. The Kier molecular flexibility index (Phi) is 3.44. The predicted molar refractivity (Wildman–Crippen MR) is 62.5 cm³/mol. The summed E-state index contributed by atoms with van der Waals surface area (Å²) in [7, 11) is 1.66. The average Bonchev–Trinajstić information content (AvgIpc) is 2.72. The molecule has 1 aromatic heterocycles. The fourth-order valence-electron chi connectivity index (χ4n) is 2.13. The minimum absolute atomic E-state index is 0.0226. The molecule has 0 amide bonds. The van der Waals surface area contributed by atoms with Crippen LogP contribution in [0.1, 0.15) is 26.0 Å². The van der Waals surface area contributed by atoms with Crippen LogP contribution in [0.2, 0.25) is 0 Å². The summed E-state index contributed by atoms with van der Waals surface area (Å²) in [6.07, 6.45) is 2.85. The van der Waals surface area contributed by atoms with Crippen molar-refractivity contribution in [3.05, 3.63) is 22.7 Å². The van der Waals surface area contributed by atoms with Gasteiger partial charge in [0.05, 0.1) is 12.2 Å². The minimum Gasteiger partial charge on any atom is -0.383 e. The highest BCUT2D eigenvalue weighted by Gasteiger charge is 2.35. The van der Waals surface area contributed by atoms with Gasteiger partial charge in [-0.05, 0) is 12.5 Å². The van der Waals surface area contributed by atoms with Gasteiger partial charge in [-0.25, -0.2) is 4.79 Å². The maximum atomic E-state index is 11.7. The summed E-state index contributed by atoms with van der Waals surface area (Å²) in [5.41, 5.74) is 5.06. The molecule has 17 heavy (non-hydrogen) atoms. The van der Waals surface area contributed by atoms with E-state index in [0.717, 1.165) is 6.42 Å². The molecule has 0 saturated carbocycles. The molecule has 1 saturated heterocycles. The number of anilines is 1. The van der Waals surface area contributed by atoms with Crippen LogP contribution in [0.25, 0.3) is 0 Å². The molecule has 0 unspecified atom stereocenters. The van der Waals surface area contributed by atoms with Crippen LogP contribution >= 0.6 is 0 Å². The van der Waals surface area contributed by atoms with Gasteiger partial charge in [-0.2, -0.15) is 4.98 Å². The van der Waals surface area contributed by atoms with Crippen molar-refractivity contribution in [1.82, 2.24) is 9.55 Å². The number of rotatable bonds is 3. The number of nitrogens with zero attached hydrogens (tertiary/aromatic N) is 2. The molecule has 6 heteroatoms. The Hall–Kier alpha value is -1.40. The van der Waals surface area contributed by atoms with Crippen molar-refractivity contribution in [3.8, 4) is 0 Å². The van der Waals surface area contributed by atoms with E-state index in [1.54, 1.807) is 19.4 Å². The van der Waals surface area contributed by atoms with Crippen molar-refractivity contribution in [2.45, 2.75) is 38.2 Å². The molecule has 1 aliphatic rings. The van der Waals surface area contributed by atoms with Gasteiger partial charge in [0.1, 0.15) is 12.0 Å². The highest BCUT2D eigenvalue weighted by atomic mass is 16.6. The van der Waals surface area contributed by atoms with E-state index in [4.69, 9.17) is 15.2 Å². The van der Waals surface area contributed by atoms with Crippen molar-refractivity contribution in [1.29, 1.82) is 0 Å². The van der Waals surface area contributed by atoms with Crippen molar-refractivity contribution in [2.75, 3.05) is 12.8 Å². The average molecular weight is 239 g/mol. The normalized spacial score (nSPS) is 28.5. The van der Waals surface area contributed by atoms with Crippen LogP contribution in [0.3, 0.4) is 0 Å². The third kappa shape index (κ3) is 2.32. The van der Waals surface area contributed by atoms with Gasteiger partial charge >= 0.3 is 5.69 Å². The van der Waals surface area contributed by atoms with E-state index < -0.39 is 0 Å². The quantitative estimate of drug-likeness (QED) is 0.832. The summed E-state index contributed by atoms with van der Waals surface area (Å²) in [4.78, 5) is 15.4. The van der Waals surface area contributed by atoms with E-state index in [9.17, 15) is 4.79 Å². The summed E-state index contributed by atoms with van der Waals surface area (Å²) < 4.78 is 12.6. The number of ether oxygens (including phenoxy) is 2. The van der Waals surface area contributed by atoms with Crippen molar-refractivity contribution in [3.63, 3.8) is 0 Å². The number of methoxy groups -OCH3 is 1. The molecule has 2 N–H and O–H groups in total. The van der Waals surface area contributed by atoms with E-state index in [1.807, 2.05) is 6.92 Å². The monoisotopic (exact) mass is 239 g/mol. The van der Waals surface area contributed by atoms with Gasteiger partial charge in [-0.1, -0.05) is 6.92 Å². The molecule has 0 aliphatic carbocycles. The summed E-state index contributed by atoms with van der Waals surface area (Å²) in [5.74, 6) is 0.222. The van der Waals surface area contributed by atoms with E-state index >= 15 is 0 Å². The SMILES string of the molecule is CC[C@H]1O[C@@H](n2ccc(N)nc2=O)C[C@@H]1OC. The van der Waals surface area contributed by atoms with Crippen molar-refractivity contribution in [2.24, 2.45) is 0 Å². The van der Waals surface area contributed by atoms with Crippen LogP contribution in [0.4, 0.5) is 5.82 Å². The lowest BCUT2D eigenvalue weighted by Gasteiger charge is -2.15. The Morgan fingerprint density at radius 2 is 2.47 bits per heavy atom. The largest absolute Gasteiger partial charge is 0.383 e. The van der Waals surface area contributed by atoms with Gasteiger partial charge < -0.3 is 15.2 Å². The Morgan fingerprint density at radius 1 is 1.71 bits per heavy atom. The Balaban J connectivity index is 2.22. The smallest absolute Gasteiger partial charge is 0.351 e. The molecule has 2 rings (SSSR count). The maximum absolute atomic E-state index is 11.7. The lowest BCUT2D eigenvalue weighted by atomic mass is 10.1. The van der Waals surface area contributed by atoms with Crippen LogP contribution in [-0.2, 0) is 9.47 Å². The van der Waals surface area contributed by atoms with Crippen molar-refractivity contribution >= 4 is 5.82 Å². The Labute approximate surface area is 99.4 Å². The first-order valence-corrected chi connectivity index (χ1v) is 5.68. The summed E-state index contributed by atoms with van der Waals surface area (Å²) in [6.45, 7) is 2.03. The third-order valence-corrected chi connectivity index (χ3v) is 3.05. The molecule has 0 bridgehead atoms. The minimum atomic E-state index is -0.387. The highest BCUT2D eigenvalue weighted by molar-refractivity contribution is 5.23. The Morgan fingerprint density at radius 3 is 3.00 bits per heavy atom. The third-order valence-electron chi connectivity index (χ3n) is 3.05. The second kappa shape index (κ2) is 4.85. The molecular formula is C11H17N3O3. The van der Waals surface area contributed by atoms with Crippen LogP contribution in [-0.4, -0.2) is 28.9 Å². The number of nitrogens with two attached hydrogens (primary N) is 1. The number of hydrogen-bond acceptors (Lipinski definition) is 5. The molecule has 1 aromatic rings.